The highest BCUT2D eigenvalue weighted by atomic mass is 16.1. The average Bonchev–Trinajstić information content (AvgIpc) is 2.25. The smallest absolute Gasteiger partial charge is 0.253 e. The van der Waals surface area contributed by atoms with Crippen LogP contribution in [0, 0.1) is 0 Å². The number of piperidine rings is 1. The molecular weight excluding hydrogens is 238 g/mol. The number of hydrogen-bond acceptors (Lipinski definition) is 2. The fourth-order valence-corrected chi connectivity index (χ4v) is 3.39. The van der Waals surface area contributed by atoms with E-state index in [1.165, 1.54) is 0 Å². The summed E-state index contributed by atoms with van der Waals surface area (Å²) in [4.78, 5) is 16.2. The normalized spacial score (nSPS) is 21.9. The minimum Gasteiger partial charge on any atom is -0.349 e. The molecule has 0 atom stereocenters. The second kappa shape index (κ2) is 4.93. The minimum atomic E-state index is -0.0217. The second-order valence-corrected chi connectivity index (χ2v) is 6.94. The molecule has 1 amide bonds. The van der Waals surface area contributed by atoms with Crippen molar-refractivity contribution in [3.05, 3.63) is 30.1 Å². The van der Waals surface area contributed by atoms with Gasteiger partial charge in [0.05, 0.1) is 16.6 Å². The molecule has 0 saturated carbocycles. The van der Waals surface area contributed by atoms with Crippen molar-refractivity contribution in [1.29, 1.82) is 0 Å². The molecule has 1 aromatic heterocycles. The van der Waals surface area contributed by atoms with Crippen LogP contribution in [0.5, 0.6) is 0 Å². The molecule has 0 bridgehead atoms. The zero-order chi connectivity index (χ0) is 14.1. The Kier molecular flexibility index (Phi) is 3.63. The van der Waals surface area contributed by atoms with Crippen LogP contribution in [0.15, 0.2) is 24.5 Å². The summed E-state index contributed by atoms with van der Waals surface area (Å²) in [7, 11) is 0. The Labute approximate surface area is 115 Å². The van der Waals surface area contributed by atoms with Crippen molar-refractivity contribution in [3.8, 4) is 0 Å². The molecule has 2 heterocycles. The molecule has 1 aromatic rings. The summed E-state index contributed by atoms with van der Waals surface area (Å²) in [5.74, 6) is -0.0217. The van der Waals surface area contributed by atoms with Gasteiger partial charge in [0.25, 0.3) is 5.91 Å². The molecule has 0 aliphatic carbocycles. The molecule has 1 fully saturated rings. The highest BCUT2D eigenvalue weighted by Crippen LogP contribution is 2.21. The molecule has 104 valence electrons. The molecule has 0 radical (unpaired) electrons. The Balaban J connectivity index is 2.05. The third-order valence-corrected chi connectivity index (χ3v) is 3.59. The first-order chi connectivity index (χ1) is 8.77. The number of nitrogens with one attached hydrogen (secondary N) is 1. The molecule has 2 rings (SSSR count). The molecule has 4 nitrogen and oxygen atoms in total. The Morgan fingerprint density at radius 1 is 1.32 bits per heavy atom. The molecule has 1 aliphatic rings. The van der Waals surface area contributed by atoms with Gasteiger partial charge in [0.2, 0.25) is 0 Å². The highest BCUT2D eigenvalue weighted by Gasteiger charge is 2.42. The summed E-state index contributed by atoms with van der Waals surface area (Å²) in [6, 6.07) is 3.81. The Bertz CT molecular complexity index is 438. The van der Waals surface area contributed by atoms with Crippen LogP contribution in [0.3, 0.4) is 0 Å². The molecule has 1 aliphatic heterocycles. The number of hydrogen-bond donors (Lipinski definition) is 2. The van der Waals surface area contributed by atoms with Crippen LogP contribution in [-0.4, -0.2) is 28.0 Å². The number of pyridine rings is 1. The first kappa shape index (κ1) is 14.0. The van der Waals surface area contributed by atoms with Crippen molar-refractivity contribution in [2.45, 2.75) is 57.7 Å². The van der Waals surface area contributed by atoms with E-state index in [0.717, 1.165) is 12.8 Å². The van der Waals surface area contributed by atoms with Gasteiger partial charge in [-0.25, -0.2) is 0 Å². The van der Waals surface area contributed by atoms with Crippen molar-refractivity contribution < 1.29 is 10.1 Å². The maximum Gasteiger partial charge on any atom is 0.253 e. The number of nitrogens with two attached hydrogens (primary N) is 1. The lowest BCUT2D eigenvalue weighted by Crippen LogP contribution is -3.06. The van der Waals surface area contributed by atoms with E-state index in [9.17, 15) is 4.79 Å². The molecule has 0 spiro atoms. The number of nitrogens with zero attached hydrogens (tertiary/aromatic N) is 1. The number of quaternary nitrogens is 1. The molecule has 0 aromatic carbocycles. The van der Waals surface area contributed by atoms with E-state index in [1.807, 2.05) is 0 Å². The van der Waals surface area contributed by atoms with Gasteiger partial charge in [-0.1, -0.05) is 0 Å². The Morgan fingerprint density at radius 2 is 1.95 bits per heavy atom. The SMILES string of the molecule is CC1(C)CC(NC(=O)c2cccnc2)CC(C)(C)[NH2+]1. The van der Waals surface area contributed by atoms with E-state index in [4.69, 9.17) is 0 Å². The molecule has 19 heavy (non-hydrogen) atoms. The van der Waals surface area contributed by atoms with Crippen LogP contribution in [0.4, 0.5) is 0 Å². The monoisotopic (exact) mass is 262 g/mol. The minimum absolute atomic E-state index is 0.0217. The predicted molar refractivity (Wildman–Crippen MR) is 74.8 cm³/mol. The maximum atomic E-state index is 12.2. The van der Waals surface area contributed by atoms with Crippen LogP contribution in [0.1, 0.15) is 50.9 Å². The van der Waals surface area contributed by atoms with Gasteiger partial charge in [-0.05, 0) is 39.8 Å². The number of carbonyl (C=O) groups is 1. The molecule has 0 unspecified atom stereocenters. The van der Waals surface area contributed by atoms with Crippen LogP contribution in [-0.2, 0) is 0 Å². The number of aromatic nitrogens is 1. The molecule has 4 heteroatoms. The number of amides is 1. The van der Waals surface area contributed by atoms with E-state index in [0.29, 0.717) is 5.56 Å². The van der Waals surface area contributed by atoms with Crippen LogP contribution >= 0.6 is 0 Å². The summed E-state index contributed by atoms with van der Waals surface area (Å²) < 4.78 is 0. The van der Waals surface area contributed by atoms with E-state index in [-0.39, 0.29) is 23.0 Å². The molecule has 1 saturated heterocycles. The third kappa shape index (κ3) is 3.77. The average molecular weight is 262 g/mol. The fourth-order valence-electron chi connectivity index (χ4n) is 3.39. The van der Waals surface area contributed by atoms with E-state index in [1.54, 1.807) is 24.5 Å². The van der Waals surface area contributed by atoms with Crippen LogP contribution in [0.2, 0.25) is 0 Å². The van der Waals surface area contributed by atoms with Crippen molar-refractivity contribution in [2.24, 2.45) is 0 Å². The number of rotatable bonds is 2. The van der Waals surface area contributed by atoms with Crippen LogP contribution < -0.4 is 10.6 Å². The summed E-state index contributed by atoms with van der Waals surface area (Å²) >= 11 is 0. The van der Waals surface area contributed by atoms with Gasteiger partial charge >= 0.3 is 0 Å². The Morgan fingerprint density at radius 3 is 2.47 bits per heavy atom. The van der Waals surface area contributed by atoms with Gasteiger partial charge < -0.3 is 10.6 Å². The van der Waals surface area contributed by atoms with Gasteiger partial charge in [0, 0.05) is 31.3 Å². The molecular formula is C15H24N3O+. The zero-order valence-electron chi connectivity index (χ0n) is 12.2. The first-order valence-electron chi connectivity index (χ1n) is 6.85. The highest BCUT2D eigenvalue weighted by molar-refractivity contribution is 5.94. The number of carbonyl (C=O) groups excluding carboxylic acids is 1. The Hall–Kier alpha value is -1.42. The summed E-state index contributed by atoms with van der Waals surface area (Å²) in [6.07, 6.45) is 5.27. The lowest BCUT2D eigenvalue weighted by molar-refractivity contribution is -0.787. The maximum absolute atomic E-state index is 12.2. The van der Waals surface area contributed by atoms with E-state index in [2.05, 4.69) is 43.3 Å². The lowest BCUT2D eigenvalue weighted by Gasteiger charge is -2.43. The van der Waals surface area contributed by atoms with Gasteiger partial charge in [-0.2, -0.15) is 0 Å². The zero-order valence-corrected chi connectivity index (χ0v) is 12.2. The third-order valence-electron chi connectivity index (χ3n) is 3.59. The van der Waals surface area contributed by atoms with Gasteiger partial charge in [-0.3, -0.25) is 9.78 Å². The standard InChI is InChI=1S/C15H23N3O/c1-14(2)8-12(9-15(3,4)18-14)17-13(19)11-6-5-7-16-10-11/h5-7,10,12,18H,8-9H2,1-4H3,(H,17,19)/p+1. The van der Waals surface area contributed by atoms with Crippen molar-refractivity contribution in [1.82, 2.24) is 10.3 Å². The first-order valence-corrected chi connectivity index (χ1v) is 6.85. The van der Waals surface area contributed by atoms with Crippen LogP contribution in [0.25, 0.3) is 0 Å². The summed E-state index contributed by atoms with van der Waals surface area (Å²) in [5, 5.41) is 5.56. The second-order valence-electron chi connectivity index (χ2n) is 6.94. The summed E-state index contributed by atoms with van der Waals surface area (Å²) in [6.45, 7) is 8.93. The van der Waals surface area contributed by atoms with Crippen molar-refractivity contribution in [2.75, 3.05) is 0 Å². The fraction of sp³-hybridized carbons (Fsp3) is 0.600. The van der Waals surface area contributed by atoms with Crippen molar-refractivity contribution in [3.63, 3.8) is 0 Å². The van der Waals surface area contributed by atoms with Gasteiger partial charge in [0.15, 0.2) is 0 Å². The topological polar surface area (TPSA) is 58.6 Å². The molecule has 3 N–H and O–H groups in total. The predicted octanol–water partition coefficient (Wildman–Crippen LogP) is 1.09. The quantitative estimate of drug-likeness (QED) is 0.838. The summed E-state index contributed by atoms with van der Waals surface area (Å²) in [5.41, 5.74) is 0.955. The van der Waals surface area contributed by atoms with E-state index >= 15 is 0 Å². The van der Waals surface area contributed by atoms with Gasteiger partial charge in [0.1, 0.15) is 0 Å². The van der Waals surface area contributed by atoms with Crippen molar-refractivity contribution >= 4 is 5.91 Å². The lowest BCUT2D eigenvalue weighted by atomic mass is 9.79. The van der Waals surface area contributed by atoms with Gasteiger partial charge in [-0.15, -0.1) is 0 Å². The largest absolute Gasteiger partial charge is 0.349 e. The van der Waals surface area contributed by atoms with E-state index < -0.39 is 0 Å².